The number of rotatable bonds is 5. The van der Waals surface area contributed by atoms with Crippen molar-refractivity contribution in [2.24, 2.45) is 0 Å². The SMILES string of the molecule is Cc1ccc(Cl)cc1Nc1nccc(C(=O)NCc2ccc(F)cc2)n1. The maximum absolute atomic E-state index is 12.9. The van der Waals surface area contributed by atoms with Crippen LogP contribution in [-0.2, 0) is 6.54 Å². The maximum atomic E-state index is 12.9. The molecule has 0 aliphatic carbocycles. The quantitative estimate of drug-likeness (QED) is 0.704. The van der Waals surface area contributed by atoms with E-state index in [2.05, 4.69) is 20.6 Å². The Hall–Kier alpha value is -2.99. The predicted molar refractivity (Wildman–Crippen MR) is 99.1 cm³/mol. The zero-order chi connectivity index (χ0) is 18.5. The van der Waals surface area contributed by atoms with Gasteiger partial charge in [0.25, 0.3) is 5.91 Å². The van der Waals surface area contributed by atoms with Crippen LogP contribution < -0.4 is 10.6 Å². The number of aromatic nitrogens is 2. The Kier molecular flexibility index (Phi) is 5.43. The van der Waals surface area contributed by atoms with Crippen LogP contribution in [0.4, 0.5) is 16.0 Å². The first kappa shape index (κ1) is 17.8. The first-order chi connectivity index (χ1) is 12.5. The Labute approximate surface area is 155 Å². The third-order valence-corrected chi connectivity index (χ3v) is 3.94. The fraction of sp³-hybridized carbons (Fsp3) is 0.105. The molecular weight excluding hydrogens is 355 g/mol. The van der Waals surface area contributed by atoms with Crippen molar-refractivity contribution in [2.45, 2.75) is 13.5 Å². The van der Waals surface area contributed by atoms with Crippen molar-refractivity contribution in [1.29, 1.82) is 0 Å². The minimum absolute atomic E-state index is 0.226. The Morgan fingerprint density at radius 3 is 2.69 bits per heavy atom. The van der Waals surface area contributed by atoms with Gasteiger partial charge in [-0.2, -0.15) is 0 Å². The van der Waals surface area contributed by atoms with Gasteiger partial charge >= 0.3 is 0 Å². The average Bonchev–Trinajstić information content (AvgIpc) is 2.64. The molecule has 7 heteroatoms. The number of aryl methyl sites for hydroxylation is 1. The predicted octanol–water partition coefficient (Wildman–Crippen LogP) is 4.25. The fourth-order valence-corrected chi connectivity index (χ4v) is 2.44. The van der Waals surface area contributed by atoms with Crippen molar-refractivity contribution in [3.8, 4) is 0 Å². The molecular formula is C19H16ClFN4O. The van der Waals surface area contributed by atoms with Gasteiger partial charge in [-0.15, -0.1) is 0 Å². The highest BCUT2D eigenvalue weighted by molar-refractivity contribution is 6.30. The second-order valence-electron chi connectivity index (χ2n) is 5.66. The number of amides is 1. The number of hydrogen-bond acceptors (Lipinski definition) is 4. The summed E-state index contributed by atoms with van der Waals surface area (Å²) in [6, 6.07) is 12.9. The second kappa shape index (κ2) is 7.93. The zero-order valence-corrected chi connectivity index (χ0v) is 14.7. The molecule has 3 rings (SSSR count). The molecule has 0 spiro atoms. The molecule has 0 atom stereocenters. The van der Waals surface area contributed by atoms with Gasteiger partial charge in [0.2, 0.25) is 5.95 Å². The third-order valence-electron chi connectivity index (χ3n) is 3.70. The molecule has 0 bridgehead atoms. The molecule has 132 valence electrons. The molecule has 5 nitrogen and oxygen atoms in total. The number of hydrogen-bond donors (Lipinski definition) is 2. The highest BCUT2D eigenvalue weighted by Crippen LogP contribution is 2.22. The number of nitrogens with zero attached hydrogens (tertiary/aromatic N) is 2. The van der Waals surface area contributed by atoms with E-state index in [1.807, 2.05) is 13.0 Å². The Bertz CT molecular complexity index is 931. The van der Waals surface area contributed by atoms with Crippen molar-refractivity contribution in [3.63, 3.8) is 0 Å². The number of carbonyl (C=O) groups is 1. The molecule has 0 saturated carbocycles. The van der Waals surface area contributed by atoms with Crippen molar-refractivity contribution < 1.29 is 9.18 Å². The van der Waals surface area contributed by atoms with E-state index in [1.54, 1.807) is 24.3 Å². The van der Waals surface area contributed by atoms with Crippen molar-refractivity contribution in [1.82, 2.24) is 15.3 Å². The molecule has 0 aliphatic heterocycles. The summed E-state index contributed by atoms with van der Waals surface area (Å²) in [6.45, 7) is 2.21. The van der Waals surface area contributed by atoms with E-state index in [-0.39, 0.29) is 24.0 Å². The van der Waals surface area contributed by atoms with Gasteiger partial charge in [-0.25, -0.2) is 14.4 Å². The number of nitrogens with one attached hydrogen (secondary N) is 2. The number of benzene rings is 2. The van der Waals surface area contributed by atoms with Crippen LogP contribution in [0.15, 0.2) is 54.7 Å². The van der Waals surface area contributed by atoms with Crippen LogP contribution in [0, 0.1) is 12.7 Å². The van der Waals surface area contributed by atoms with E-state index in [0.29, 0.717) is 11.0 Å². The lowest BCUT2D eigenvalue weighted by Crippen LogP contribution is -2.24. The first-order valence-electron chi connectivity index (χ1n) is 7.90. The highest BCUT2D eigenvalue weighted by atomic mass is 35.5. The molecule has 0 unspecified atom stereocenters. The summed E-state index contributed by atoms with van der Waals surface area (Å²) in [5.74, 6) is -0.365. The summed E-state index contributed by atoms with van der Waals surface area (Å²) in [4.78, 5) is 20.6. The molecule has 0 radical (unpaired) electrons. The van der Waals surface area contributed by atoms with E-state index >= 15 is 0 Å². The lowest BCUT2D eigenvalue weighted by Gasteiger charge is -2.10. The number of carbonyl (C=O) groups excluding carboxylic acids is 1. The summed E-state index contributed by atoms with van der Waals surface area (Å²) in [5.41, 5.74) is 2.76. The molecule has 2 N–H and O–H groups in total. The van der Waals surface area contributed by atoms with E-state index in [9.17, 15) is 9.18 Å². The largest absolute Gasteiger partial charge is 0.347 e. The standard InChI is InChI=1S/C19H16ClFN4O/c1-12-2-5-14(20)10-17(12)25-19-22-9-8-16(24-19)18(26)23-11-13-3-6-15(21)7-4-13/h2-10H,11H2,1H3,(H,23,26)(H,22,24,25). The minimum atomic E-state index is -0.345. The van der Waals surface area contributed by atoms with Crippen LogP contribution >= 0.6 is 11.6 Å². The highest BCUT2D eigenvalue weighted by Gasteiger charge is 2.10. The number of halogens is 2. The topological polar surface area (TPSA) is 66.9 Å². The van der Waals surface area contributed by atoms with E-state index < -0.39 is 0 Å². The van der Waals surface area contributed by atoms with E-state index in [4.69, 9.17) is 11.6 Å². The second-order valence-corrected chi connectivity index (χ2v) is 6.10. The maximum Gasteiger partial charge on any atom is 0.270 e. The summed E-state index contributed by atoms with van der Waals surface area (Å²) in [6.07, 6.45) is 1.50. The van der Waals surface area contributed by atoms with E-state index in [0.717, 1.165) is 16.8 Å². The van der Waals surface area contributed by atoms with Crippen molar-refractivity contribution >= 4 is 29.1 Å². The van der Waals surface area contributed by atoms with Crippen LogP contribution in [0.25, 0.3) is 0 Å². The van der Waals surface area contributed by atoms with Crippen LogP contribution in [0.2, 0.25) is 5.02 Å². The lowest BCUT2D eigenvalue weighted by atomic mass is 10.2. The minimum Gasteiger partial charge on any atom is -0.347 e. The van der Waals surface area contributed by atoms with E-state index in [1.165, 1.54) is 24.4 Å². The summed E-state index contributed by atoms with van der Waals surface area (Å²) in [5, 5.41) is 6.39. The van der Waals surface area contributed by atoms with Crippen LogP contribution in [0.3, 0.4) is 0 Å². The molecule has 26 heavy (non-hydrogen) atoms. The Morgan fingerprint density at radius 2 is 1.92 bits per heavy atom. The molecule has 0 aliphatic rings. The normalized spacial score (nSPS) is 10.4. The van der Waals surface area contributed by atoms with Gasteiger partial charge in [-0.05, 0) is 48.4 Å². The molecule has 3 aromatic rings. The lowest BCUT2D eigenvalue weighted by molar-refractivity contribution is 0.0946. The van der Waals surface area contributed by atoms with Gasteiger partial charge < -0.3 is 10.6 Å². The van der Waals surface area contributed by atoms with Gasteiger partial charge in [0, 0.05) is 23.5 Å². The van der Waals surface area contributed by atoms with Crippen LogP contribution in [0.5, 0.6) is 0 Å². The van der Waals surface area contributed by atoms with Gasteiger partial charge in [0.05, 0.1) is 0 Å². The van der Waals surface area contributed by atoms with Crippen LogP contribution in [0.1, 0.15) is 21.6 Å². The molecule has 1 aromatic heterocycles. The Balaban J connectivity index is 1.69. The molecule has 0 fully saturated rings. The Morgan fingerprint density at radius 1 is 1.15 bits per heavy atom. The van der Waals surface area contributed by atoms with Crippen molar-refractivity contribution in [3.05, 3.63) is 82.4 Å². The molecule has 1 amide bonds. The van der Waals surface area contributed by atoms with Crippen LogP contribution in [-0.4, -0.2) is 15.9 Å². The van der Waals surface area contributed by atoms with Gasteiger partial charge in [0.15, 0.2) is 0 Å². The molecule has 0 saturated heterocycles. The summed E-state index contributed by atoms with van der Waals surface area (Å²) < 4.78 is 12.9. The first-order valence-corrected chi connectivity index (χ1v) is 8.28. The molecule has 2 aromatic carbocycles. The fourth-order valence-electron chi connectivity index (χ4n) is 2.27. The molecule has 1 heterocycles. The summed E-state index contributed by atoms with van der Waals surface area (Å²) >= 11 is 6.01. The third kappa shape index (κ3) is 4.55. The summed E-state index contributed by atoms with van der Waals surface area (Å²) in [7, 11) is 0. The van der Waals surface area contributed by atoms with Gasteiger partial charge in [0.1, 0.15) is 11.5 Å². The average molecular weight is 371 g/mol. The number of anilines is 2. The van der Waals surface area contributed by atoms with Gasteiger partial charge in [-0.3, -0.25) is 4.79 Å². The van der Waals surface area contributed by atoms with Gasteiger partial charge in [-0.1, -0.05) is 29.8 Å². The monoisotopic (exact) mass is 370 g/mol. The zero-order valence-electron chi connectivity index (χ0n) is 14.0. The van der Waals surface area contributed by atoms with Crippen molar-refractivity contribution in [2.75, 3.05) is 5.32 Å². The smallest absolute Gasteiger partial charge is 0.270 e.